The van der Waals surface area contributed by atoms with Gasteiger partial charge < -0.3 is 23.8 Å². The number of rotatable bonds is 3. The highest BCUT2D eigenvalue weighted by Crippen LogP contribution is 2.22. The molecule has 2 aliphatic rings. The van der Waals surface area contributed by atoms with E-state index in [0.717, 1.165) is 27.4 Å². The third-order valence-corrected chi connectivity index (χ3v) is 5.32. The monoisotopic (exact) mass is 585 g/mol. The van der Waals surface area contributed by atoms with Gasteiger partial charge in [0.2, 0.25) is 10.6 Å². The molecule has 0 bridgehead atoms. The summed E-state index contributed by atoms with van der Waals surface area (Å²) in [5, 5.41) is -1.02. The summed E-state index contributed by atoms with van der Waals surface area (Å²) in [6.45, 7) is 3.89. The van der Waals surface area contributed by atoms with Crippen LogP contribution in [0.1, 0.15) is 40.2 Å². The minimum atomic E-state index is -1.04. The van der Waals surface area contributed by atoms with Crippen molar-refractivity contribution in [2.45, 2.75) is 19.3 Å². The Morgan fingerprint density at radius 2 is 1.24 bits per heavy atom. The molecule has 2 saturated heterocycles. The van der Waals surface area contributed by atoms with E-state index in [1.165, 1.54) is 19.3 Å². The summed E-state index contributed by atoms with van der Waals surface area (Å²) < 4.78 is 46.0. The van der Waals surface area contributed by atoms with Gasteiger partial charge in [-0.1, -0.05) is 11.6 Å². The van der Waals surface area contributed by atoms with Crippen LogP contribution in [0.2, 0.25) is 15.7 Å². The van der Waals surface area contributed by atoms with Crippen LogP contribution in [-0.4, -0.2) is 85.6 Å². The Morgan fingerprint density at radius 1 is 0.757 bits per heavy atom. The molecule has 11 nitrogen and oxygen atoms in total. The second kappa shape index (κ2) is 15.7. The van der Waals surface area contributed by atoms with Gasteiger partial charge in [0.1, 0.15) is 0 Å². The number of halogens is 5. The van der Waals surface area contributed by atoms with Crippen molar-refractivity contribution < 1.29 is 37.3 Å². The molecule has 2 aromatic heterocycles. The number of carbonyl (C=O) groups excluding carboxylic acids is 2. The lowest BCUT2D eigenvalue weighted by molar-refractivity contribution is 0.0579. The fourth-order valence-electron chi connectivity index (χ4n) is 2.94. The van der Waals surface area contributed by atoms with Crippen LogP contribution >= 0.6 is 34.8 Å². The molecule has 0 aromatic carbocycles. The molecule has 4 heterocycles. The maximum absolute atomic E-state index is 14.1. The molecule has 37 heavy (non-hydrogen) atoms. The second-order valence-corrected chi connectivity index (χ2v) is 8.21. The van der Waals surface area contributed by atoms with Crippen molar-refractivity contribution in [3.05, 3.63) is 38.7 Å². The number of ether oxygens (including phenoxy) is 4. The quantitative estimate of drug-likeness (QED) is 0.296. The van der Waals surface area contributed by atoms with Gasteiger partial charge in [-0.05, 0) is 42.5 Å². The van der Waals surface area contributed by atoms with E-state index in [-0.39, 0.29) is 16.4 Å². The third-order valence-electron chi connectivity index (χ3n) is 4.74. The van der Waals surface area contributed by atoms with Crippen LogP contribution in [0.3, 0.4) is 0 Å². The van der Waals surface area contributed by atoms with Gasteiger partial charge >= 0.3 is 11.9 Å². The molecular formula is C21H24Cl3F2N5O6. The largest absolute Gasteiger partial charge is 0.464 e. The molecule has 0 amide bonds. The normalized spacial score (nSPS) is 14.9. The zero-order chi connectivity index (χ0) is 27.4. The number of hydrogen-bond donors (Lipinski definition) is 0. The lowest BCUT2D eigenvalue weighted by Gasteiger charge is -2.28. The van der Waals surface area contributed by atoms with Gasteiger partial charge in [0.15, 0.2) is 34.0 Å². The molecule has 0 aliphatic carbocycles. The van der Waals surface area contributed by atoms with E-state index in [4.69, 9.17) is 44.3 Å². The summed E-state index contributed by atoms with van der Waals surface area (Å²) in [7, 11) is 2.23. The van der Waals surface area contributed by atoms with Crippen LogP contribution < -0.4 is 4.90 Å². The van der Waals surface area contributed by atoms with Crippen molar-refractivity contribution in [1.82, 2.24) is 19.9 Å². The Morgan fingerprint density at radius 3 is 1.70 bits per heavy atom. The first-order chi connectivity index (χ1) is 17.7. The molecule has 0 radical (unpaired) electrons. The van der Waals surface area contributed by atoms with Crippen molar-refractivity contribution in [1.29, 1.82) is 0 Å². The predicted octanol–water partition coefficient (Wildman–Crippen LogP) is 3.79. The number of aromatic nitrogens is 4. The lowest BCUT2D eigenvalue weighted by Crippen LogP contribution is -2.37. The maximum atomic E-state index is 14.1. The third kappa shape index (κ3) is 9.42. The SMILES string of the molecule is C1CCOCC1.COC(=O)c1nc(Cl)nc(Cl)c1F.COC(=O)c1nc(Cl)nc(N2CCOCC2)c1F. The highest BCUT2D eigenvalue weighted by Gasteiger charge is 2.25. The lowest BCUT2D eigenvalue weighted by atomic mass is 10.2. The summed E-state index contributed by atoms with van der Waals surface area (Å²) in [6.07, 6.45) is 3.93. The Labute approximate surface area is 226 Å². The first-order valence-electron chi connectivity index (χ1n) is 10.9. The van der Waals surface area contributed by atoms with Gasteiger partial charge in [0.25, 0.3) is 0 Å². The topological polar surface area (TPSA) is 126 Å². The number of esters is 2. The minimum Gasteiger partial charge on any atom is -0.464 e. The van der Waals surface area contributed by atoms with Crippen LogP contribution in [0, 0.1) is 11.6 Å². The molecule has 4 rings (SSSR count). The smallest absolute Gasteiger partial charge is 0.360 e. The molecule has 0 N–H and O–H groups in total. The molecule has 2 aromatic rings. The Balaban J connectivity index is 0.000000220. The van der Waals surface area contributed by atoms with Gasteiger partial charge in [-0.3, -0.25) is 0 Å². The second-order valence-electron chi connectivity index (χ2n) is 7.18. The van der Waals surface area contributed by atoms with Crippen molar-refractivity contribution in [2.75, 3.05) is 58.6 Å². The number of hydrogen-bond acceptors (Lipinski definition) is 11. The van der Waals surface area contributed by atoms with Crippen LogP contribution in [0.4, 0.5) is 14.6 Å². The number of nitrogens with zero attached hydrogens (tertiary/aromatic N) is 5. The summed E-state index contributed by atoms with van der Waals surface area (Å²) in [4.78, 5) is 37.9. The molecule has 2 fully saturated rings. The van der Waals surface area contributed by atoms with E-state index in [1.807, 2.05) is 0 Å². The molecule has 16 heteroatoms. The van der Waals surface area contributed by atoms with E-state index in [2.05, 4.69) is 29.4 Å². The molecule has 0 unspecified atom stereocenters. The summed E-state index contributed by atoms with van der Waals surface area (Å²) >= 11 is 16.3. The zero-order valence-corrected chi connectivity index (χ0v) is 22.2. The molecule has 0 saturated carbocycles. The number of morpholine rings is 1. The fraction of sp³-hybridized carbons (Fsp3) is 0.524. The van der Waals surface area contributed by atoms with Crippen LogP contribution in [0.25, 0.3) is 0 Å². The van der Waals surface area contributed by atoms with Crippen LogP contribution in [0.15, 0.2) is 0 Å². The Hall–Kier alpha value is -2.45. The summed E-state index contributed by atoms with van der Waals surface area (Å²) in [5.74, 6) is -3.71. The molecular weight excluding hydrogens is 563 g/mol. The maximum Gasteiger partial charge on any atom is 0.360 e. The standard InChI is InChI=1S/C10H11ClFN3O3.C6H3Cl2FN2O2.C5H10O/c1-17-9(16)7-6(12)8(14-10(11)13-7)15-2-4-18-5-3-15;1-13-5(12)3-2(9)4(7)11-6(8)10-3;1-2-4-6-5-3-1/h2-5H2,1H3;1H3;1-5H2. The van der Waals surface area contributed by atoms with Gasteiger partial charge in [0.05, 0.1) is 27.4 Å². The Bertz CT molecular complexity index is 1060. The van der Waals surface area contributed by atoms with Crippen LogP contribution in [0.5, 0.6) is 0 Å². The number of anilines is 1. The van der Waals surface area contributed by atoms with Crippen molar-refractivity contribution in [3.8, 4) is 0 Å². The average molecular weight is 587 g/mol. The van der Waals surface area contributed by atoms with Gasteiger partial charge in [-0.15, -0.1) is 0 Å². The summed E-state index contributed by atoms with van der Waals surface area (Å²) in [6, 6.07) is 0. The van der Waals surface area contributed by atoms with Gasteiger partial charge in [0, 0.05) is 26.3 Å². The summed E-state index contributed by atoms with van der Waals surface area (Å²) in [5.41, 5.74) is -1.04. The fourth-order valence-corrected chi connectivity index (χ4v) is 3.48. The minimum absolute atomic E-state index is 0.00120. The van der Waals surface area contributed by atoms with E-state index >= 15 is 0 Å². The van der Waals surface area contributed by atoms with Gasteiger partial charge in [-0.25, -0.2) is 33.3 Å². The van der Waals surface area contributed by atoms with E-state index in [0.29, 0.717) is 26.3 Å². The van der Waals surface area contributed by atoms with E-state index in [9.17, 15) is 18.4 Å². The molecule has 2 aliphatic heterocycles. The predicted molar refractivity (Wildman–Crippen MR) is 129 cm³/mol. The molecule has 0 spiro atoms. The van der Waals surface area contributed by atoms with Crippen LogP contribution in [-0.2, 0) is 18.9 Å². The van der Waals surface area contributed by atoms with E-state index < -0.39 is 40.1 Å². The molecule has 204 valence electrons. The van der Waals surface area contributed by atoms with Gasteiger partial charge in [-0.2, -0.15) is 4.98 Å². The zero-order valence-electron chi connectivity index (χ0n) is 19.9. The number of methoxy groups -OCH3 is 2. The highest BCUT2D eigenvalue weighted by atomic mass is 35.5. The van der Waals surface area contributed by atoms with E-state index in [1.54, 1.807) is 4.90 Å². The van der Waals surface area contributed by atoms with Crippen molar-refractivity contribution >= 4 is 52.6 Å². The van der Waals surface area contributed by atoms with Crippen molar-refractivity contribution in [2.24, 2.45) is 0 Å². The number of carbonyl (C=O) groups is 2. The highest BCUT2D eigenvalue weighted by molar-refractivity contribution is 6.32. The Kier molecular flexibility index (Phi) is 13.1. The first kappa shape index (κ1) is 30.8. The average Bonchev–Trinajstić information content (AvgIpc) is 2.93. The molecule has 0 atom stereocenters. The van der Waals surface area contributed by atoms with Crippen molar-refractivity contribution in [3.63, 3.8) is 0 Å². The first-order valence-corrected chi connectivity index (χ1v) is 12.0.